The average Bonchev–Trinajstić information content (AvgIpc) is 3.64. The van der Waals surface area contributed by atoms with Gasteiger partial charge in [0.05, 0.1) is 25.7 Å². The van der Waals surface area contributed by atoms with Crippen LogP contribution in [0.1, 0.15) is 39.6 Å². The van der Waals surface area contributed by atoms with Gasteiger partial charge in [-0.05, 0) is 87.3 Å². The number of nitro groups is 1. The SMILES string of the molecule is O=c1/c(=C\c2cc(Br)cc(Br)c2OCc2ccc([N+](=O)[O-])cc2)sc2n1C(c1cccs1)C1=C(N=2)c2ccccc2CC1. The standard InChI is InChI=1S/C32H21Br2N3O4S2/c33-21-14-20(30(25(34)16-21)41-17-18-7-10-22(11-8-18)37(39)40)15-27-31(38)36-29(26-6-3-13-42-26)24-12-9-19-4-1-2-5-23(19)28(24)35-32(36)43-27/h1-8,10-11,13-16,29H,9,12,17H2/b27-15+. The van der Waals surface area contributed by atoms with Crippen molar-refractivity contribution in [3.05, 3.63) is 150 Å². The van der Waals surface area contributed by atoms with E-state index in [0.717, 1.165) is 44.6 Å². The van der Waals surface area contributed by atoms with E-state index in [1.54, 1.807) is 23.5 Å². The monoisotopic (exact) mass is 733 g/mol. The number of rotatable bonds is 6. The molecule has 1 atom stereocenters. The molecular formula is C32H21Br2N3O4S2. The van der Waals surface area contributed by atoms with Crippen molar-refractivity contribution >= 4 is 72.0 Å². The predicted molar refractivity (Wildman–Crippen MR) is 176 cm³/mol. The first-order valence-electron chi connectivity index (χ1n) is 13.4. The van der Waals surface area contributed by atoms with Crippen molar-refractivity contribution in [1.29, 1.82) is 0 Å². The van der Waals surface area contributed by atoms with E-state index < -0.39 is 4.92 Å². The molecule has 0 fully saturated rings. The maximum atomic E-state index is 14.1. The lowest BCUT2D eigenvalue weighted by Gasteiger charge is -2.30. The highest BCUT2D eigenvalue weighted by molar-refractivity contribution is 9.11. The van der Waals surface area contributed by atoms with Gasteiger partial charge < -0.3 is 4.74 Å². The number of nitro benzene ring substituents is 1. The first-order valence-corrected chi connectivity index (χ1v) is 16.7. The normalized spacial score (nSPS) is 15.9. The van der Waals surface area contributed by atoms with Crippen LogP contribution in [0, 0.1) is 10.1 Å². The summed E-state index contributed by atoms with van der Waals surface area (Å²) in [7, 11) is 0. The van der Waals surface area contributed by atoms with Crippen molar-refractivity contribution in [3.63, 3.8) is 0 Å². The number of thiazole rings is 1. The van der Waals surface area contributed by atoms with Crippen molar-refractivity contribution in [2.24, 2.45) is 4.99 Å². The first kappa shape index (κ1) is 28.1. The summed E-state index contributed by atoms with van der Waals surface area (Å²) in [5, 5.41) is 13.1. The molecule has 7 nitrogen and oxygen atoms in total. The molecule has 1 aliphatic carbocycles. The van der Waals surface area contributed by atoms with Crippen molar-refractivity contribution in [2.45, 2.75) is 25.5 Å². The molecular weight excluding hydrogens is 714 g/mol. The number of hydrogen-bond donors (Lipinski definition) is 0. The highest BCUT2D eigenvalue weighted by atomic mass is 79.9. The van der Waals surface area contributed by atoms with Crippen LogP contribution in [0.2, 0.25) is 0 Å². The second-order valence-electron chi connectivity index (χ2n) is 10.1. The van der Waals surface area contributed by atoms with Gasteiger partial charge in [0.15, 0.2) is 4.80 Å². The number of aryl methyl sites for hydroxylation is 1. The van der Waals surface area contributed by atoms with Gasteiger partial charge >= 0.3 is 0 Å². The third-order valence-corrected chi connectivity index (χ3v) is 10.5. The molecule has 0 amide bonds. The molecule has 0 saturated carbocycles. The van der Waals surface area contributed by atoms with E-state index in [0.29, 0.717) is 19.6 Å². The molecule has 1 aliphatic heterocycles. The van der Waals surface area contributed by atoms with Crippen LogP contribution in [-0.4, -0.2) is 9.49 Å². The predicted octanol–water partition coefficient (Wildman–Crippen LogP) is 7.39. The summed E-state index contributed by atoms with van der Waals surface area (Å²) in [6, 6.07) is 22.4. The molecule has 3 aromatic carbocycles. The number of nitrogens with zero attached hydrogens (tertiary/aromatic N) is 3. The van der Waals surface area contributed by atoms with E-state index in [1.807, 2.05) is 34.9 Å². The number of fused-ring (bicyclic) bond motifs is 3. The van der Waals surface area contributed by atoms with Crippen LogP contribution in [0.5, 0.6) is 5.75 Å². The van der Waals surface area contributed by atoms with Crippen molar-refractivity contribution in [1.82, 2.24) is 4.57 Å². The van der Waals surface area contributed by atoms with E-state index in [2.05, 4.69) is 61.5 Å². The van der Waals surface area contributed by atoms with Gasteiger partial charge in [0, 0.05) is 32.6 Å². The van der Waals surface area contributed by atoms with Crippen LogP contribution >= 0.6 is 54.5 Å². The van der Waals surface area contributed by atoms with Crippen LogP contribution in [0.25, 0.3) is 11.8 Å². The summed E-state index contributed by atoms with van der Waals surface area (Å²) >= 11 is 10.2. The van der Waals surface area contributed by atoms with E-state index in [4.69, 9.17) is 9.73 Å². The number of non-ortho nitro benzene ring substituents is 1. The molecule has 5 aromatic rings. The third kappa shape index (κ3) is 5.24. The highest BCUT2D eigenvalue weighted by Crippen LogP contribution is 2.42. The molecule has 2 aliphatic rings. The Morgan fingerprint density at radius 2 is 1.88 bits per heavy atom. The van der Waals surface area contributed by atoms with Gasteiger partial charge in [-0.3, -0.25) is 19.5 Å². The molecule has 7 rings (SSSR count). The topological polar surface area (TPSA) is 86.7 Å². The van der Waals surface area contributed by atoms with Crippen LogP contribution < -0.4 is 19.6 Å². The molecule has 0 spiro atoms. The van der Waals surface area contributed by atoms with Crippen molar-refractivity contribution in [2.75, 3.05) is 0 Å². The second-order valence-corrected chi connectivity index (χ2v) is 13.9. The van der Waals surface area contributed by atoms with Crippen LogP contribution in [0.15, 0.2) is 102 Å². The van der Waals surface area contributed by atoms with Gasteiger partial charge in [-0.15, -0.1) is 11.3 Å². The van der Waals surface area contributed by atoms with Gasteiger partial charge in [0.2, 0.25) is 0 Å². The van der Waals surface area contributed by atoms with Gasteiger partial charge in [-0.25, -0.2) is 4.99 Å². The highest BCUT2D eigenvalue weighted by Gasteiger charge is 2.33. The molecule has 0 N–H and O–H groups in total. The summed E-state index contributed by atoms with van der Waals surface area (Å²) in [4.78, 5) is 31.6. The molecule has 43 heavy (non-hydrogen) atoms. The van der Waals surface area contributed by atoms with Crippen LogP contribution in [-0.2, 0) is 13.0 Å². The average molecular weight is 735 g/mol. The second kappa shape index (κ2) is 11.5. The van der Waals surface area contributed by atoms with E-state index in [-0.39, 0.29) is 23.9 Å². The molecule has 3 heterocycles. The zero-order chi connectivity index (χ0) is 29.7. The Morgan fingerprint density at radius 1 is 1.07 bits per heavy atom. The van der Waals surface area contributed by atoms with E-state index in [9.17, 15) is 14.9 Å². The van der Waals surface area contributed by atoms with E-state index in [1.165, 1.54) is 34.6 Å². The maximum absolute atomic E-state index is 14.1. The lowest BCUT2D eigenvalue weighted by Crippen LogP contribution is -2.38. The lowest BCUT2D eigenvalue weighted by atomic mass is 9.85. The number of thiophene rings is 1. The molecule has 0 bridgehead atoms. The molecule has 1 unspecified atom stereocenters. The molecule has 0 saturated heterocycles. The quantitative estimate of drug-likeness (QED) is 0.135. The largest absolute Gasteiger partial charge is 0.487 e. The fraction of sp³-hybridized carbons (Fsp3) is 0.125. The Bertz CT molecular complexity index is 2120. The summed E-state index contributed by atoms with van der Waals surface area (Å²) in [5.74, 6) is 0.565. The Balaban J connectivity index is 1.33. The number of aromatic nitrogens is 1. The fourth-order valence-corrected chi connectivity index (χ4v) is 8.78. The van der Waals surface area contributed by atoms with Gasteiger partial charge in [0.25, 0.3) is 11.2 Å². The number of halogens is 2. The van der Waals surface area contributed by atoms with Crippen molar-refractivity contribution < 1.29 is 9.66 Å². The maximum Gasteiger partial charge on any atom is 0.271 e. The molecule has 214 valence electrons. The van der Waals surface area contributed by atoms with Crippen molar-refractivity contribution in [3.8, 4) is 5.75 Å². The van der Waals surface area contributed by atoms with Gasteiger partial charge in [-0.1, -0.05) is 57.6 Å². The summed E-state index contributed by atoms with van der Waals surface area (Å²) in [6.07, 6.45) is 3.62. The summed E-state index contributed by atoms with van der Waals surface area (Å²) in [6.45, 7) is 0.199. The smallest absolute Gasteiger partial charge is 0.271 e. The lowest BCUT2D eigenvalue weighted by molar-refractivity contribution is -0.384. The number of allylic oxidation sites excluding steroid dienone is 1. The number of ether oxygens (including phenoxy) is 1. The Morgan fingerprint density at radius 3 is 2.65 bits per heavy atom. The Kier molecular flexibility index (Phi) is 7.50. The van der Waals surface area contributed by atoms with E-state index >= 15 is 0 Å². The number of hydrogen-bond acceptors (Lipinski definition) is 7. The minimum atomic E-state index is -0.428. The van der Waals surface area contributed by atoms with Crippen LogP contribution in [0.4, 0.5) is 5.69 Å². The molecule has 11 heteroatoms. The number of benzene rings is 3. The van der Waals surface area contributed by atoms with Gasteiger partial charge in [0.1, 0.15) is 12.4 Å². The molecule has 0 radical (unpaired) electrons. The van der Waals surface area contributed by atoms with Crippen LogP contribution in [0.3, 0.4) is 0 Å². The molecule has 2 aromatic heterocycles. The first-order chi connectivity index (χ1) is 20.9. The van der Waals surface area contributed by atoms with Gasteiger partial charge in [-0.2, -0.15) is 0 Å². The Labute approximate surface area is 270 Å². The summed E-state index contributed by atoms with van der Waals surface area (Å²) < 4.78 is 10.2. The Hall–Kier alpha value is -3.64. The summed E-state index contributed by atoms with van der Waals surface area (Å²) in [5.41, 5.74) is 6.01. The zero-order valence-corrected chi connectivity index (χ0v) is 27.1. The fourth-order valence-electron chi connectivity index (χ4n) is 5.57. The minimum absolute atomic E-state index is 0.0238. The minimum Gasteiger partial charge on any atom is -0.487 e. The zero-order valence-electron chi connectivity index (χ0n) is 22.3. The third-order valence-electron chi connectivity index (χ3n) is 7.54.